The van der Waals surface area contributed by atoms with Gasteiger partial charge in [0.2, 0.25) is 5.91 Å². The molecule has 0 saturated carbocycles. The molecule has 0 atom stereocenters. The first-order valence-corrected chi connectivity index (χ1v) is 10.8. The van der Waals surface area contributed by atoms with Gasteiger partial charge in [-0.25, -0.2) is 9.18 Å². The molecule has 1 aliphatic rings. The molecular weight excluding hydrogens is 484 g/mol. The summed E-state index contributed by atoms with van der Waals surface area (Å²) < 4.78 is 45.0. The quantitative estimate of drug-likeness (QED) is 0.581. The van der Waals surface area contributed by atoms with Gasteiger partial charge in [0.05, 0.1) is 11.6 Å². The van der Waals surface area contributed by atoms with Crippen molar-refractivity contribution in [1.29, 1.82) is 5.26 Å². The molecule has 12 heteroatoms. The Balaban J connectivity index is 0.000000572. The number of halogens is 4. The monoisotopic (exact) mass is 508 g/mol. The lowest BCUT2D eigenvalue weighted by molar-refractivity contribution is -0.192. The Morgan fingerprint density at radius 2 is 1.58 bits per heavy atom. The molecule has 1 saturated heterocycles. The zero-order valence-corrected chi connectivity index (χ0v) is 19.1. The number of rotatable bonds is 6. The molecule has 36 heavy (non-hydrogen) atoms. The van der Waals surface area contributed by atoms with Crippen molar-refractivity contribution in [1.82, 2.24) is 15.1 Å². The number of amides is 2. The fraction of sp³-hybridized carbons (Fsp3) is 0.333. The number of aliphatic carboxylic acids is 1. The van der Waals surface area contributed by atoms with Crippen molar-refractivity contribution >= 4 is 17.8 Å². The topological polar surface area (TPSA) is 114 Å². The predicted molar refractivity (Wildman–Crippen MR) is 120 cm³/mol. The van der Waals surface area contributed by atoms with Crippen molar-refractivity contribution in [3.05, 3.63) is 71.0 Å². The third kappa shape index (κ3) is 8.99. The number of benzene rings is 2. The number of nitrogens with zero attached hydrogens (tertiary/aromatic N) is 3. The van der Waals surface area contributed by atoms with E-state index in [-0.39, 0.29) is 37.1 Å². The van der Waals surface area contributed by atoms with Crippen LogP contribution in [0.1, 0.15) is 27.9 Å². The average molecular weight is 508 g/mol. The van der Waals surface area contributed by atoms with Crippen molar-refractivity contribution in [2.75, 3.05) is 32.7 Å². The number of carbonyl (C=O) groups is 3. The van der Waals surface area contributed by atoms with E-state index in [1.54, 1.807) is 46.2 Å². The van der Waals surface area contributed by atoms with Crippen molar-refractivity contribution in [3.63, 3.8) is 0 Å². The SMILES string of the molecule is N#Cc1ccc(C(=O)N(CCC(=O)N2CCNCC2)Cc2ccc(F)cc2)cc1.O=C(O)C(F)(F)F. The van der Waals surface area contributed by atoms with Gasteiger partial charge in [-0.2, -0.15) is 18.4 Å². The Kier molecular flexibility index (Phi) is 10.4. The van der Waals surface area contributed by atoms with Crippen LogP contribution in [0.3, 0.4) is 0 Å². The average Bonchev–Trinajstić information content (AvgIpc) is 2.87. The molecule has 0 spiro atoms. The van der Waals surface area contributed by atoms with Crippen LogP contribution in [0.25, 0.3) is 0 Å². The van der Waals surface area contributed by atoms with Crippen LogP contribution >= 0.6 is 0 Å². The van der Waals surface area contributed by atoms with Crippen molar-refractivity contribution in [2.24, 2.45) is 0 Å². The Bertz CT molecular complexity index is 1080. The second kappa shape index (κ2) is 13.2. The number of nitrogens with one attached hydrogen (secondary N) is 1. The van der Waals surface area contributed by atoms with Gasteiger partial charge in [0.25, 0.3) is 5.91 Å². The molecule has 2 amide bonds. The minimum atomic E-state index is -5.08. The van der Waals surface area contributed by atoms with Gasteiger partial charge < -0.3 is 20.2 Å². The minimum Gasteiger partial charge on any atom is -0.475 e. The number of piperazine rings is 1. The first-order chi connectivity index (χ1) is 17.0. The molecule has 0 aliphatic carbocycles. The fourth-order valence-electron chi connectivity index (χ4n) is 3.24. The highest BCUT2D eigenvalue weighted by Crippen LogP contribution is 2.14. The Hall–Kier alpha value is -3.98. The maximum absolute atomic E-state index is 13.2. The molecule has 8 nitrogen and oxygen atoms in total. The summed E-state index contributed by atoms with van der Waals surface area (Å²) in [6, 6.07) is 14.4. The summed E-state index contributed by atoms with van der Waals surface area (Å²) in [7, 11) is 0. The molecule has 0 unspecified atom stereocenters. The lowest BCUT2D eigenvalue weighted by Gasteiger charge is -2.29. The van der Waals surface area contributed by atoms with Gasteiger partial charge in [-0.15, -0.1) is 0 Å². The van der Waals surface area contributed by atoms with E-state index in [4.69, 9.17) is 15.2 Å². The highest BCUT2D eigenvalue weighted by molar-refractivity contribution is 5.94. The van der Waals surface area contributed by atoms with Gasteiger partial charge in [0, 0.05) is 51.3 Å². The number of alkyl halides is 3. The van der Waals surface area contributed by atoms with E-state index in [9.17, 15) is 27.2 Å². The van der Waals surface area contributed by atoms with Crippen LogP contribution in [-0.2, 0) is 16.1 Å². The summed E-state index contributed by atoms with van der Waals surface area (Å²) in [6.45, 7) is 3.41. The first kappa shape index (κ1) is 28.3. The molecule has 1 aliphatic heterocycles. The summed E-state index contributed by atoms with van der Waals surface area (Å²) in [6.07, 6.45) is -4.86. The van der Waals surface area contributed by atoms with Gasteiger partial charge in [-0.3, -0.25) is 9.59 Å². The maximum Gasteiger partial charge on any atom is 0.490 e. The van der Waals surface area contributed by atoms with E-state index in [2.05, 4.69) is 5.32 Å². The highest BCUT2D eigenvalue weighted by atomic mass is 19.4. The van der Waals surface area contributed by atoms with E-state index >= 15 is 0 Å². The lowest BCUT2D eigenvalue weighted by Crippen LogP contribution is -2.47. The van der Waals surface area contributed by atoms with Gasteiger partial charge in [-0.1, -0.05) is 12.1 Å². The molecule has 1 heterocycles. The smallest absolute Gasteiger partial charge is 0.475 e. The molecule has 2 aromatic rings. The second-order valence-electron chi connectivity index (χ2n) is 7.73. The summed E-state index contributed by atoms with van der Waals surface area (Å²) >= 11 is 0. The Morgan fingerprint density at radius 3 is 2.08 bits per heavy atom. The molecule has 0 radical (unpaired) electrons. The number of carbonyl (C=O) groups excluding carboxylic acids is 2. The van der Waals surface area contributed by atoms with Gasteiger partial charge >= 0.3 is 12.1 Å². The molecule has 1 fully saturated rings. The van der Waals surface area contributed by atoms with Gasteiger partial charge in [0.1, 0.15) is 5.82 Å². The van der Waals surface area contributed by atoms with Crippen molar-refractivity contribution < 1.29 is 37.1 Å². The number of hydrogen-bond donors (Lipinski definition) is 2. The number of nitriles is 1. The largest absolute Gasteiger partial charge is 0.490 e. The zero-order valence-electron chi connectivity index (χ0n) is 19.1. The van der Waals surface area contributed by atoms with Gasteiger partial charge in [0.15, 0.2) is 0 Å². The number of hydrogen-bond acceptors (Lipinski definition) is 5. The third-order valence-corrected chi connectivity index (χ3v) is 5.14. The molecule has 192 valence electrons. The first-order valence-electron chi connectivity index (χ1n) is 10.8. The van der Waals surface area contributed by atoms with Crippen LogP contribution in [0, 0.1) is 17.1 Å². The molecule has 2 aromatic carbocycles. The van der Waals surface area contributed by atoms with Crippen molar-refractivity contribution in [3.8, 4) is 6.07 Å². The zero-order chi connectivity index (χ0) is 26.7. The molecule has 0 aromatic heterocycles. The summed E-state index contributed by atoms with van der Waals surface area (Å²) in [5.74, 6) is -3.31. The number of carboxylic acid groups (broad SMARTS) is 1. The number of carboxylic acids is 1. The van der Waals surface area contributed by atoms with E-state index in [0.717, 1.165) is 18.7 Å². The standard InChI is InChI=1S/C22H23FN4O2.C2HF3O2/c23-20-7-3-18(4-8-20)16-27(12-9-21(28)26-13-10-25-11-14-26)22(29)19-5-1-17(15-24)2-6-19;3-2(4,5)1(6)7/h1-8,25H,9-14,16H2;(H,6,7). The van der Waals surface area contributed by atoms with E-state index in [1.165, 1.54) is 12.1 Å². The predicted octanol–water partition coefficient (Wildman–Crippen LogP) is 2.79. The Labute approximate surface area is 204 Å². The van der Waals surface area contributed by atoms with E-state index in [1.807, 2.05) is 6.07 Å². The van der Waals surface area contributed by atoms with Crippen molar-refractivity contribution in [2.45, 2.75) is 19.1 Å². The second-order valence-corrected chi connectivity index (χ2v) is 7.73. The highest BCUT2D eigenvalue weighted by Gasteiger charge is 2.38. The van der Waals surface area contributed by atoms with Crippen LogP contribution < -0.4 is 5.32 Å². The Morgan fingerprint density at radius 1 is 1.03 bits per heavy atom. The third-order valence-electron chi connectivity index (χ3n) is 5.14. The fourth-order valence-corrected chi connectivity index (χ4v) is 3.24. The normalized spacial score (nSPS) is 13.1. The lowest BCUT2D eigenvalue weighted by atomic mass is 10.1. The molecule has 3 rings (SSSR count). The van der Waals surface area contributed by atoms with Crippen LogP contribution in [0.15, 0.2) is 48.5 Å². The molecular formula is C24H24F4N4O4. The van der Waals surface area contributed by atoms with Gasteiger partial charge in [-0.05, 0) is 42.0 Å². The van der Waals surface area contributed by atoms with E-state index in [0.29, 0.717) is 24.2 Å². The maximum atomic E-state index is 13.2. The summed E-state index contributed by atoms with van der Waals surface area (Å²) in [5, 5.41) is 19.3. The molecule has 2 N–H and O–H groups in total. The van der Waals surface area contributed by atoms with Crippen LogP contribution in [0.4, 0.5) is 17.6 Å². The molecule has 0 bridgehead atoms. The van der Waals surface area contributed by atoms with Crippen LogP contribution in [0.5, 0.6) is 0 Å². The summed E-state index contributed by atoms with van der Waals surface area (Å²) in [5.41, 5.74) is 1.70. The van der Waals surface area contributed by atoms with E-state index < -0.39 is 12.1 Å². The summed E-state index contributed by atoms with van der Waals surface area (Å²) in [4.78, 5) is 37.8. The minimum absolute atomic E-state index is 0.0169. The van der Waals surface area contributed by atoms with Crippen LogP contribution in [-0.4, -0.2) is 71.6 Å². The van der Waals surface area contributed by atoms with Crippen LogP contribution in [0.2, 0.25) is 0 Å².